The molecule has 32 heavy (non-hydrogen) atoms. The predicted molar refractivity (Wildman–Crippen MR) is 130 cm³/mol. The smallest absolute Gasteiger partial charge is 0.153 e. The van der Waals surface area contributed by atoms with Crippen molar-refractivity contribution in [1.82, 2.24) is 19.7 Å². The average Bonchev–Trinajstić information content (AvgIpc) is 3.15. The number of aryl methyl sites for hydroxylation is 1. The van der Waals surface area contributed by atoms with Crippen molar-refractivity contribution in [2.24, 2.45) is 0 Å². The molecule has 0 spiro atoms. The summed E-state index contributed by atoms with van der Waals surface area (Å²) in [6, 6.07) is 25.5. The van der Waals surface area contributed by atoms with Crippen LogP contribution in [0.1, 0.15) is 17.0 Å². The molecule has 1 aliphatic rings. The van der Waals surface area contributed by atoms with E-state index in [4.69, 9.17) is 5.10 Å². The van der Waals surface area contributed by atoms with Crippen LogP contribution >= 0.6 is 0 Å². The zero-order valence-corrected chi connectivity index (χ0v) is 18.8. The van der Waals surface area contributed by atoms with Crippen LogP contribution in [0.25, 0.3) is 16.9 Å². The molecular formula is C27H29N5. The molecule has 0 radical (unpaired) electrons. The number of benzene rings is 2. The van der Waals surface area contributed by atoms with Crippen LogP contribution in [-0.2, 0) is 6.54 Å². The van der Waals surface area contributed by atoms with E-state index in [1.807, 2.05) is 29.1 Å². The van der Waals surface area contributed by atoms with Crippen molar-refractivity contribution in [2.75, 3.05) is 31.1 Å². The van der Waals surface area contributed by atoms with Gasteiger partial charge in [0.15, 0.2) is 5.82 Å². The summed E-state index contributed by atoms with van der Waals surface area (Å²) in [4.78, 5) is 9.49. The van der Waals surface area contributed by atoms with E-state index in [1.54, 1.807) is 0 Å². The number of pyridine rings is 1. The molecule has 1 fully saturated rings. The highest BCUT2D eigenvalue weighted by atomic mass is 15.4. The van der Waals surface area contributed by atoms with Gasteiger partial charge in [0.1, 0.15) is 0 Å². The number of rotatable bonds is 5. The van der Waals surface area contributed by atoms with Gasteiger partial charge < -0.3 is 4.90 Å². The van der Waals surface area contributed by atoms with Crippen LogP contribution < -0.4 is 4.90 Å². The van der Waals surface area contributed by atoms with Crippen LogP contribution in [0.5, 0.6) is 0 Å². The minimum atomic E-state index is 0.872. The van der Waals surface area contributed by atoms with E-state index in [0.29, 0.717) is 0 Å². The van der Waals surface area contributed by atoms with Gasteiger partial charge in [-0.3, -0.25) is 4.90 Å². The summed E-state index contributed by atoms with van der Waals surface area (Å²) in [6.45, 7) is 9.36. The Balaban J connectivity index is 1.23. The van der Waals surface area contributed by atoms with E-state index in [-0.39, 0.29) is 0 Å². The molecule has 2 aromatic carbocycles. The molecule has 1 aliphatic heterocycles. The van der Waals surface area contributed by atoms with Crippen LogP contribution in [0.4, 0.5) is 5.69 Å². The van der Waals surface area contributed by atoms with Gasteiger partial charge in [0.25, 0.3) is 0 Å². The zero-order chi connectivity index (χ0) is 21.9. The molecule has 0 saturated carbocycles. The molecule has 162 valence electrons. The molecule has 0 amide bonds. The lowest BCUT2D eigenvalue weighted by Crippen LogP contribution is -2.46. The fourth-order valence-corrected chi connectivity index (χ4v) is 4.62. The summed E-state index contributed by atoms with van der Waals surface area (Å²) in [6.07, 6.45) is 1.82. The standard InChI is InChI=1S/C27H29N5/c1-21-27(22(2)32(29-21)26-10-6-7-15-28-26)31-18-16-30(17-19-31)20-23-11-13-25(14-12-23)24-8-4-3-5-9-24/h3-15H,16-20H2,1-2H3. The number of piperazine rings is 1. The van der Waals surface area contributed by atoms with E-state index in [0.717, 1.165) is 49.9 Å². The molecule has 5 rings (SSSR count). The molecule has 4 aromatic rings. The third-order valence-corrected chi connectivity index (χ3v) is 6.28. The second kappa shape index (κ2) is 8.97. The van der Waals surface area contributed by atoms with Crippen molar-refractivity contribution in [3.8, 4) is 16.9 Å². The summed E-state index contributed by atoms with van der Waals surface area (Å²) in [7, 11) is 0. The number of aromatic nitrogens is 3. The van der Waals surface area contributed by atoms with Gasteiger partial charge in [-0.1, -0.05) is 60.7 Å². The van der Waals surface area contributed by atoms with E-state index in [9.17, 15) is 0 Å². The maximum absolute atomic E-state index is 4.77. The lowest BCUT2D eigenvalue weighted by atomic mass is 10.0. The van der Waals surface area contributed by atoms with E-state index < -0.39 is 0 Å². The number of hydrogen-bond acceptors (Lipinski definition) is 4. The normalized spacial score (nSPS) is 14.6. The molecule has 5 nitrogen and oxygen atoms in total. The predicted octanol–water partition coefficient (Wildman–Crippen LogP) is 4.87. The Kier molecular flexibility index (Phi) is 5.73. The summed E-state index contributed by atoms with van der Waals surface area (Å²) in [5, 5.41) is 4.77. The largest absolute Gasteiger partial charge is 0.366 e. The minimum absolute atomic E-state index is 0.872. The van der Waals surface area contributed by atoms with Crippen molar-refractivity contribution in [3.63, 3.8) is 0 Å². The van der Waals surface area contributed by atoms with E-state index in [2.05, 4.69) is 83.2 Å². The van der Waals surface area contributed by atoms with Crippen LogP contribution in [0.2, 0.25) is 0 Å². The molecule has 0 atom stereocenters. The van der Waals surface area contributed by atoms with Crippen molar-refractivity contribution in [3.05, 3.63) is 95.9 Å². The Morgan fingerprint density at radius 1 is 0.750 bits per heavy atom. The van der Waals surface area contributed by atoms with Crippen LogP contribution in [0.15, 0.2) is 79.0 Å². The molecule has 0 N–H and O–H groups in total. The average molecular weight is 424 g/mol. The van der Waals surface area contributed by atoms with Crippen molar-refractivity contribution in [2.45, 2.75) is 20.4 Å². The third-order valence-electron chi connectivity index (χ3n) is 6.28. The van der Waals surface area contributed by atoms with Crippen LogP contribution in [-0.4, -0.2) is 45.8 Å². The first kappa shape index (κ1) is 20.5. The van der Waals surface area contributed by atoms with Gasteiger partial charge in [0, 0.05) is 38.9 Å². The third kappa shape index (κ3) is 4.16. The number of anilines is 1. The van der Waals surface area contributed by atoms with Crippen LogP contribution in [0, 0.1) is 13.8 Å². The second-order valence-corrected chi connectivity index (χ2v) is 8.45. The number of hydrogen-bond donors (Lipinski definition) is 0. The maximum atomic E-state index is 4.77. The Hall–Kier alpha value is -3.44. The minimum Gasteiger partial charge on any atom is -0.366 e. The number of nitrogens with zero attached hydrogens (tertiary/aromatic N) is 5. The molecule has 0 aliphatic carbocycles. The highest BCUT2D eigenvalue weighted by Crippen LogP contribution is 2.27. The molecule has 0 unspecified atom stereocenters. The molecular weight excluding hydrogens is 394 g/mol. The van der Waals surface area contributed by atoms with Gasteiger partial charge in [-0.2, -0.15) is 5.10 Å². The summed E-state index contributed by atoms with van der Waals surface area (Å²) in [5.74, 6) is 0.872. The van der Waals surface area contributed by atoms with Gasteiger partial charge in [0.05, 0.1) is 17.1 Å². The van der Waals surface area contributed by atoms with Crippen molar-refractivity contribution < 1.29 is 0 Å². The lowest BCUT2D eigenvalue weighted by molar-refractivity contribution is 0.249. The SMILES string of the molecule is Cc1nn(-c2ccccn2)c(C)c1N1CCN(Cc2ccc(-c3ccccc3)cc2)CC1. The highest BCUT2D eigenvalue weighted by Gasteiger charge is 2.23. The lowest BCUT2D eigenvalue weighted by Gasteiger charge is -2.36. The monoisotopic (exact) mass is 423 g/mol. The first-order chi connectivity index (χ1) is 15.7. The zero-order valence-electron chi connectivity index (χ0n) is 18.8. The van der Waals surface area contributed by atoms with Crippen molar-refractivity contribution in [1.29, 1.82) is 0 Å². The highest BCUT2D eigenvalue weighted by molar-refractivity contribution is 5.63. The fraction of sp³-hybridized carbons (Fsp3) is 0.259. The molecule has 5 heteroatoms. The first-order valence-electron chi connectivity index (χ1n) is 11.3. The van der Waals surface area contributed by atoms with Crippen LogP contribution in [0.3, 0.4) is 0 Å². The van der Waals surface area contributed by atoms with E-state index >= 15 is 0 Å². The molecule has 1 saturated heterocycles. The molecule has 0 bridgehead atoms. The van der Waals surface area contributed by atoms with Gasteiger partial charge in [0.2, 0.25) is 0 Å². The van der Waals surface area contributed by atoms with Gasteiger partial charge in [-0.15, -0.1) is 0 Å². The second-order valence-electron chi connectivity index (χ2n) is 8.45. The first-order valence-corrected chi connectivity index (χ1v) is 11.3. The Bertz CT molecular complexity index is 1160. The van der Waals surface area contributed by atoms with Crippen molar-refractivity contribution >= 4 is 5.69 Å². The Morgan fingerprint density at radius 2 is 1.44 bits per heavy atom. The molecule has 3 heterocycles. The Labute approximate surface area is 189 Å². The van der Waals surface area contributed by atoms with Gasteiger partial charge in [-0.05, 0) is 42.7 Å². The summed E-state index contributed by atoms with van der Waals surface area (Å²) < 4.78 is 1.96. The Morgan fingerprint density at radius 3 is 2.12 bits per heavy atom. The summed E-state index contributed by atoms with van der Waals surface area (Å²) >= 11 is 0. The quantitative estimate of drug-likeness (QED) is 0.459. The molecule has 2 aromatic heterocycles. The van der Waals surface area contributed by atoms with E-state index in [1.165, 1.54) is 22.4 Å². The van der Waals surface area contributed by atoms with Gasteiger partial charge in [-0.25, -0.2) is 9.67 Å². The maximum Gasteiger partial charge on any atom is 0.153 e. The topological polar surface area (TPSA) is 37.2 Å². The van der Waals surface area contributed by atoms with Gasteiger partial charge >= 0.3 is 0 Å². The fourth-order valence-electron chi connectivity index (χ4n) is 4.62. The summed E-state index contributed by atoms with van der Waals surface area (Å²) in [5.41, 5.74) is 7.39.